The summed E-state index contributed by atoms with van der Waals surface area (Å²) in [5.41, 5.74) is 0.206. The summed E-state index contributed by atoms with van der Waals surface area (Å²) in [6.45, 7) is 3.83. The van der Waals surface area contributed by atoms with Gasteiger partial charge in [-0.25, -0.2) is 9.59 Å². The van der Waals surface area contributed by atoms with Crippen LogP contribution in [0.1, 0.15) is 37.8 Å². The molecule has 0 saturated carbocycles. The van der Waals surface area contributed by atoms with E-state index in [4.69, 9.17) is 9.47 Å². The van der Waals surface area contributed by atoms with Crippen molar-refractivity contribution in [2.75, 3.05) is 13.2 Å². The van der Waals surface area contributed by atoms with E-state index in [1.165, 1.54) is 0 Å². The van der Waals surface area contributed by atoms with Crippen molar-refractivity contribution in [1.29, 1.82) is 0 Å². The second kappa shape index (κ2) is 13.6. The molecule has 1 heterocycles. The number of ether oxygens (including phenoxy) is 2. The summed E-state index contributed by atoms with van der Waals surface area (Å²) < 4.78 is 10.7. The predicted molar refractivity (Wildman–Crippen MR) is 139 cm³/mol. The molecule has 1 fully saturated rings. The van der Waals surface area contributed by atoms with Gasteiger partial charge in [0.05, 0.1) is 0 Å². The number of carbonyl (C=O) groups is 4. The van der Waals surface area contributed by atoms with Gasteiger partial charge in [-0.3, -0.25) is 9.59 Å². The SMILES string of the molecule is CC(C)[C@H](NC(=O)C1(NC(=O)[C@H](Cc2ccccc2)NC(=O)OCc2ccccc2)CCOCC1)C(=O)O. The van der Waals surface area contributed by atoms with E-state index in [0.717, 1.165) is 11.1 Å². The Hall–Kier alpha value is -3.92. The molecule has 1 aliphatic heterocycles. The molecule has 1 aliphatic rings. The van der Waals surface area contributed by atoms with E-state index < -0.39 is 41.5 Å². The fourth-order valence-corrected chi connectivity index (χ4v) is 4.21. The van der Waals surface area contributed by atoms with Crippen molar-refractivity contribution >= 4 is 23.9 Å². The number of benzene rings is 2. The van der Waals surface area contributed by atoms with Crippen LogP contribution in [-0.4, -0.2) is 59.8 Å². The van der Waals surface area contributed by atoms with Crippen molar-refractivity contribution in [2.45, 2.75) is 57.3 Å². The number of alkyl carbamates (subject to hydrolysis) is 1. The molecule has 4 N–H and O–H groups in total. The number of nitrogens with one attached hydrogen (secondary N) is 3. The van der Waals surface area contributed by atoms with E-state index in [2.05, 4.69) is 16.0 Å². The van der Waals surface area contributed by atoms with Crippen LogP contribution in [0.2, 0.25) is 0 Å². The summed E-state index contributed by atoms with van der Waals surface area (Å²) in [7, 11) is 0. The first-order valence-corrected chi connectivity index (χ1v) is 12.6. The van der Waals surface area contributed by atoms with Gasteiger partial charge in [-0.2, -0.15) is 0 Å². The Morgan fingerprint density at radius 1 is 0.921 bits per heavy atom. The highest BCUT2D eigenvalue weighted by Gasteiger charge is 2.44. The maximum absolute atomic E-state index is 13.6. The topological polar surface area (TPSA) is 143 Å². The summed E-state index contributed by atoms with van der Waals surface area (Å²) in [6, 6.07) is 16.1. The first-order valence-electron chi connectivity index (χ1n) is 12.6. The highest BCUT2D eigenvalue weighted by atomic mass is 16.5. The molecule has 0 aromatic heterocycles. The van der Waals surface area contributed by atoms with Gasteiger partial charge in [-0.05, 0) is 17.0 Å². The molecule has 0 bridgehead atoms. The Kier molecular flexibility index (Phi) is 10.2. The van der Waals surface area contributed by atoms with Gasteiger partial charge in [0, 0.05) is 32.5 Å². The third kappa shape index (κ3) is 8.04. The summed E-state index contributed by atoms with van der Waals surface area (Å²) in [6.07, 6.45) is -0.302. The molecule has 10 nitrogen and oxygen atoms in total. The molecule has 0 unspecified atom stereocenters. The van der Waals surface area contributed by atoms with E-state index in [1.54, 1.807) is 13.8 Å². The van der Waals surface area contributed by atoms with E-state index in [9.17, 15) is 24.3 Å². The van der Waals surface area contributed by atoms with Crippen molar-refractivity contribution in [2.24, 2.45) is 5.92 Å². The molecule has 0 aliphatic carbocycles. The number of carboxylic acid groups (broad SMARTS) is 1. The molecular weight excluding hydrogens is 490 g/mol. The maximum Gasteiger partial charge on any atom is 0.408 e. The number of carbonyl (C=O) groups excluding carboxylic acids is 3. The van der Waals surface area contributed by atoms with Crippen LogP contribution in [0.25, 0.3) is 0 Å². The molecule has 204 valence electrons. The number of amides is 3. The van der Waals surface area contributed by atoms with Crippen molar-refractivity contribution in [3.8, 4) is 0 Å². The molecule has 3 rings (SSSR count). The monoisotopic (exact) mass is 525 g/mol. The first-order chi connectivity index (χ1) is 18.2. The lowest BCUT2D eigenvalue weighted by atomic mass is 9.87. The van der Waals surface area contributed by atoms with Crippen LogP contribution in [-0.2, 0) is 36.9 Å². The van der Waals surface area contributed by atoms with Crippen LogP contribution >= 0.6 is 0 Å². The zero-order valence-electron chi connectivity index (χ0n) is 21.6. The molecule has 10 heteroatoms. The van der Waals surface area contributed by atoms with Gasteiger partial charge in [0.25, 0.3) is 0 Å². The van der Waals surface area contributed by atoms with Crippen LogP contribution in [0.15, 0.2) is 60.7 Å². The van der Waals surface area contributed by atoms with Crippen LogP contribution in [0.3, 0.4) is 0 Å². The lowest BCUT2D eigenvalue weighted by Gasteiger charge is -2.38. The molecule has 2 atom stereocenters. The Labute approximate surface area is 222 Å². The average molecular weight is 526 g/mol. The number of hydrogen-bond acceptors (Lipinski definition) is 6. The maximum atomic E-state index is 13.6. The van der Waals surface area contributed by atoms with Crippen molar-refractivity contribution in [3.05, 3.63) is 71.8 Å². The molecular formula is C28H35N3O7. The summed E-state index contributed by atoms with van der Waals surface area (Å²) in [5, 5.41) is 17.6. The third-order valence-corrected chi connectivity index (χ3v) is 6.47. The fraction of sp³-hybridized carbons (Fsp3) is 0.429. The minimum Gasteiger partial charge on any atom is -0.480 e. The molecule has 2 aromatic carbocycles. The molecule has 0 radical (unpaired) electrons. The standard InChI is InChI=1S/C28H35N3O7/c1-19(2)23(25(33)34)30-26(35)28(13-15-37-16-14-28)31-24(32)22(17-20-9-5-3-6-10-20)29-27(36)38-18-21-11-7-4-8-12-21/h3-12,19,22-23H,13-18H2,1-2H3,(H,29,36)(H,30,35)(H,31,32)(H,33,34)/t22-,23-/m0/s1. The number of hydrogen-bond donors (Lipinski definition) is 4. The normalized spacial score (nSPS) is 16.1. The second-order valence-electron chi connectivity index (χ2n) is 9.67. The van der Waals surface area contributed by atoms with E-state index in [1.807, 2.05) is 60.7 Å². The summed E-state index contributed by atoms with van der Waals surface area (Å²) in [4.78, 5) is 51.3. The molecule has 0 spiro atoms. The van der Waals surface area contributed by atoms with Crippen molar-refractivity contribution in [3.63, 3.8) is 0 Å². The highest BCUT2D eigenvalue weighted by Crippen LogP contribution is 2.23. The Morgan fingerprint density at radius 2 is 1.50 bits per heavy atom. The van der Waals surface area contributed by atoms with Crippen LogP contribution in [0.5, 0.6) is 0 Å². The molecule has 1 saturated heterocycles. The number of carboxylic acids is 1. The minimum atomic E-state index is -1.39. The van der Waals surface area contributed by atoms with Gasteiger partial charge in [0.2, 0.25) is 11.8 Å². The Morgan fingerprint density at radius 3 is 2.05 bits per heavy atom. The van der Waals surface area contributed by atoms with Crippen LogP contribution in [0, 0.1) is 5.92 Å². The average Bonchev–Trinajstić information content (AvgIpc) is 2.91. The molecule has 3 amide bonds. The lowest BCUT2D eigenvalue weighted by molar-refractivity contribution is -0.146. The van der Waals surface area contributed by atoms with E-state index in [-0.39, 0.29) is 45.0 Å². The van der Waals surface area contributed by atoms with E-state index in [0.29, 0.717) is 0 Å². The molecule has 38 heavy (non-hydrogen) atoms. The first kappa shape index (κ1) is 28.6. The van der Waals surface area contributed by atoms with Gasteiger partial charge in [-0.1, -0.05) is 74.5 Å². The quantitative estimate of drug-likeness (QED) is 0.353. The number of rotatable bonds is 11. The summed E-state index contributed by atoms with van der Waals surface area (Å²) in [5.74, 6) is -2.71. The zero-order chi connectivity index (χ0) is 27.5. The third-order valence-electron chi connectivity index (χ3n) is 6.47. The highest BCUT2D eigenvalue weighted by molar-refractivity contribution is 5.96. The fourth-order valence-electron chi connectivity index (χ4n) is 4.21. The minimum absolute atomic E-state index is 0.0296. The van der Waals surface area contributed by atoms with Gasteiger partial charge < -0.3 is 30.5 Å². The Bertz CT molecular complexity index is 1090. The van der Waals surface area contributed by atoms with E-state index >= 15 is 0 Å². The summed E-state index contributed by atoms with van der Waals surface area (Å²) >= 11 is 0. The van der Waals surface area contributed by atoms with Gasteiger partial charge in [0.1, 0.15) is 24.2 Å². The lowest BCUT2D eigenvalue weighted by Crippen LogP contribution is -2.66. The van der Waals surface area contributed by atoms with Gasteiger partial charge >= 0.3 is 12.1 Å². The smallest absolute Gasteiger partial charge is 0.408 e. The van der Waals surface area contributed by atoms with Gasteiger partial charge in [-0.15, -0.1) is 0 Å². The van der Waals surface area contributed by atoms with Crippen LogP contribution in [0.4, 0.5) is 4.79 Å². The number of aliphatic carboxylic acids is 1. The zero-order valence-corrected chi connectivity index (χ0v) is 21.6. The molecule has 2 aromatic rings. The van der Waals surface area contributed by atoms with Crippen LogP contribution < -0.4 is 16.0 Å². The van der Waals surface area contributed by atoms with Crippen molar-refractivity contribution in [1.82, 2.24) is 16.0 Å². The predicted octanol–water partition coefficient (Wildman–Crippen LogP) is 2.41. The Balaban J connectivity index is 1.77. The second-order valence-corrected chi connectivity index (χ2v) is 9.67. The largest absolute Gasteiger partial charge is 0.480 e. The van der Waals surface area contributed by atoms with Crippen molar-refractivity contribution < 1.29 is 33.8 Å². The van der Waals surface area contributed by atoms with Gasteiger partial charge in [0.15, 0.2) is 0 Å².